The van der Waals surface area contributed by atoms with Gasteiger partial charge in [0.05, 0.1) is 6.61 Å². The fourth-order valence-electron chi connectivity index (χ4n) is 4.54. The van der Waals surface area contributed by atoms with E-state index in [1.165, 1.54) is 15.9 Å². The second kappa shape index (κ2) is 9.82. The molecule has 0 radical (unpaired) electrons. The normalized spacial score (nSPS) is 19.5. The van der Waals surface area contributed by atoms with Gasteiger partial charge in [0.1, 0.15) is 6.10 Å². The highest BCUT2D eigenvalue weighted by Crippen LogP contribution is 2.37. The molecule has 0 amide bonds. The zero-order valence-electron chi connectivity index (χ0n) is 20.0. The SMILES string of the molecule is C/C(=C/C1COC(C)(C)O1)CCCO[Si](c1ccccc1)(c1ccccc1)C(C)(C)C. The Morgan fingerprint density at radius 3 is 2.03 bits per heavy atom. The third kappa shape index (κ3) is 5.75. The van der Waals surface area contributed by atoms with E-state index in [2.05, 4.69) is 94.4 Å². The van der Waals surface area contributed by atoms with Gasteiger partial charge < -0.3 is 13.9 Å². The van der Waals surface area contributed by atoms with Gasteiger partial charge in [-0.15, -0.1) is 0 Å². The Hall–Kier alpha value is -1.72. The predicted octanol–water partition coefficient (Wildman–Crippen LogP) is 5.44. The van der Waals surface area contributed by atoms with Crippen LogP contribution in [0.1, 0.15) is 54.4 Å². The zero-order valence-corrected chi connectivity index (χ0v) is 21.0. The van der Waals surface area contributed by atoms with Crippen LogP contribution in [0.25, 0.3) is 0 Å². The fraction of sp³-hybridized carbons (Fsp3) is 0.481. The minimum absolute atomic E-state index is 0.0151. The molecule has 2 aromatic carbocycles. The summed E-state index contributed by atoms with van der Waals surface area (Å²) in [6.07, 6.45) is 4.24. The number of hydrogen-bond donors (Lipinski definition) is 0. The average Bonchev–Trinajstić information content (AvgIpc) is 3.06. The minimum Gasteiger partial charge on any atom is -0.407 e. The van der Waals surface area contributed by atoms with Crippen LogP contribution >= 0.6 is 0 Å². The first-order chi connectivity index (χ1) is 14.6. The summed E-state index contributed by atoms with van der Waals surface area (Å²) < 4.78 is 18.6. The fourth-order valence-corrected chi connectivity index (χ4v) is 9.14. The van der Waals surface area contributed by atoms with Crippen LogP contribution in [0.4, 0.5) is 0 Å². The van der Waals surface area contributed by atoms with Crippen LogP contribution in [-0.4, -0.2) is 33.4 Å². The van der Waals surface area contributed by atoms with Crippen LogP contribution in [0.2, 0.25) is 5.04 Å². The van der Waals surface area contributed by atoms with Gasteiger partial charge in [-0.1, -0.05) is 93.1 Å². The van der Waals surface area contributed by atoms with Gasteiger partial charge in [0.15, 0.2) is 5.79 Å². The Balaban J connectivity index is 1.74. The van der Waals surface area contributed by atoms with Crippen LogP contribution in [0, 0.1) is 0 Å². The van der Waals surface area contributed by atoms with E-state index in [1.54, 1.807) is 0 Å². The van der Waals surface area contributed by atoms with Gasteiger partial charge in [0.25, 0.3) is 8.32 Å². The highest BCUT2D eigenvalue weighted by molar-refractivity contribution is 6.99. The Labute approximate surface area is 189 Å². The summed E-state index contributed by atoms with van der Waals surface area (Å²) in [7, 11) is -2.44. The molecule has 0 saturated carbocycles. The molecule has 0 aromatic heterocycles. The van der Waals surface area contributed by atoms with Crippen LogP contribution in [-0.2, 0) is 13.9 Å². The third-order valence-corrected chi connectivity index (χ3v) is 11.0. The molecule has 1 aliphatic rings. The predicted molar refractivity (Wildman–Crippen MR) is 131 cm³/mol. The lowest BCUT2D eigenvalue weighted by Gasteiger charge is -2.43. The van der Waals surface area contributed by atoms with E-state index in [9.17, 15) is 0 Å². The van der Waals surface area contributed by atoms with Crippen LogP contribution < -0.4 is 10.4 Å². The second-order valence-corrected chi connectivity index (χ2v) is 14.3. The molecule has 1 fully saturated rings. The van der Waals surface area contributed by atoms with Crippen molar-refractivity contribution in [3.63, 3.8) is 0 Å². The number of hydrogen-bond acceptors (Lipinski definition) is 3. The number of allylic oxidation sites excluding steroid dienone is 1. The standard InChI is InChI=1S/C27H38O3Si/c1-22(20-23-21-28-27(5,6)30-23)14-13-19-29-31(26(2,3)4,24-15-9-7-10-16-24)25-17-11-8-12-18-25/h7-12,15-18,20,23H,13-14,19,21H2,1-6H3/b22-20-. The Bertz CT molecular complexity index is 814. The Kier molecular flexibility index (Phi) is 7.58. The van der Waals surface area contributed by atoms with E-state index in [-0.39, 0.29) is 11.1 Å². The molecule has 0 bridgehead atoms. The topological polar surface area (TPSA) is 27.7 Å². The van der Waals surface area contributed by atoms with Crippen molar-refractivity contribution >= 4 is 18.7 Å². The third-order valence-electron chi connectivity index (χ3n) is 5.95. The molecule has 1 saturated heterocycles. The van der Waals surface area contributed by atoms with Gasteiger partial charge in [-0.2, -0.15) is 0 Å². The largest absolute Gasteiger partial charge is 0.407 e. The van der Waals surface area contributed by atoms with Crippen molar-refractivity contribution in [2.45, 2.75) is 71.3 Å². The maximum Gasteiger partial charge on any atom is 0.261 e. The summed E-state index contributed by atoms with van der Waals surface area (Å²) >= 11 is 0. The van der Waals surface area contributed by atoms with Gasteiger partial charge in [0.2, 0.25) is 0 Å². The molecule has 4 heteroatoms. The molecule has 168 valence electrons. The zero-order chi connectivity index (χ0) is 22.5. The second-order valence-electron chi connectivity index (χ2n) is 10.00. The first-order valence-electron chi connectivity index (χ1n) is 11.4. The highest BCUT2D eigenvalue weighted by atomic mass is 28.4. The number of benzene rings is 2. The van der Waals surface area contributed by atoms with Crippen molar-refractivity contribution in [2.24, 2.45) is 0 Å². The van der Waals surface area contributed by atoms with E-state index in [0.29, 0.717) is 6.61 Å². The Morgan fingerprint density at radius 1 is 1.03 bits per heavy atom. The van der Waals surface area contributed by atoms with Crippen molar-refractivity contribution in [1.29, 1.82) is 0 Å². The summed E-state index contributed by atoms with van der Waals surface area (Å²) in [5.41, 5.74) is 1.33. The first kappa shape index (κ1) is 23.9. The van der Waals surface area contributed by atoms with E-state index >= 15 is 0 Å². The van der Waals surface area contributed by atoms with Crippen LogP contribution in [0.5, 0.6) is 0 Å². The minimum atomic E-state index is -2.44. The molecule has 0 spiro atoms. The molecule has 31 heavy (non-hydrogen) atoms. The lowest BCUT2D eigenvalue weighted by atomic mass is 10.1. The van der Waals surface area contributed by atoms with Crippen molar-refractivity contribution in [2.75, 3.05) is 13.2 Å². The van der Waals surface area contributed by atoms with Gasteiger partial charge in [-0.3, -0.25) is 0 Å². The van der Waals surface area contributed by atoms with E-state index in [4.69, 9.17) is 13.9 Å². The van der Waals surface area contributed by atoms with Gasteiger partial charge in [-0.05, 0) is 49.0 Å². The molecule has 3 rings (SSSR count). The molecule has 1 heterocycles. The van der Waals surface area contributed by atoms with Gasteiger partial charge in [0, 0.05) is 6.61 Å². The molecule has 3 nitrogen and oxygen atoms in total. The van der Waals surface area contributed by atoms with Gasteiger partial charge >= 0.3 is 0 Å². The van der Waals surface area contributed by atoms with Crippen molar-refractivity contribution in [1.82, 2.24) is 0 Å². The lowest BCUT2D eigenvalue weighted by molar-refractivity contribution is -0.133. The lowest BCUT2D eigenvalue weighted by Crippen LogP contribution is -2.66. The molecule has 0 aliphatic carbocycles. The smallest absolute Gasteiger partial charge is 0.261 e. The summed E-state index contributed by atoms with van der Waals surface area (Å²) in [5.74, 6) is -0.478. The first-order valence-corrected chi connectivity index (χ1v) is 13.3. The highest BCUT2D eigenvalue weighted by Gasteiger charge is 2.49. The molecular formula is C27H38O3Si. The van der Waals surface area contributed by atoms with Gasteiger partial charge in [-0.25, -0.2) is 0 Å². The van der Waals surface area contributed by atoms with E-state index < -0.39 is 14.1 Å². The maximum absolute atomic E-state index is 6.98. The molecule has 1 atom stereocenters. The molecular weight excluding hydrogens is 400 g/mol. The molecule has 2 aromatic rings. The maximum atomic E-state index is 6.98. The molecule has 1 aliphatic heterocycles. The number of rotatable bonds is 8. The summed E-state index contributed by atoms with van der Waals surface area (Å²) in [4.78, 5) is 0. The quantitative estimate of drug-likeness (QED) is 0.312. The van der Waals surface area contributed by atoms with E-state index in [0.717, 1.165) is 19.4 Å². The summed E-state index contributed by atoms with van der Waals surface area (Å²) in [5, 5.41) is 2.68. The molecule has 1 unspecified atom stereocenters. The van der Waals surface area contributed by atoms with Crippen molar-refractivity contribution in [3.8, 4) is 0 Å². The van der Waals surface area contributed by atoms with Crippen molar-refractivity contribution < 1.29 is 13.9 Å². The Morgan fingerprint density at radius 2 is 1.58 bits per heavy atom. The monoisotopic (exact) mass is 438 g/mol. The van der Waals surface area contributed by atoms with E-state index in [1.807, 2.05) is 13.8 Å². The summed E-state index contributed by atoms with van der Waals surface area (Å²) in [6, 6.07) is 21.7. The molecule has 0 N–H and O–H groups in total. The average molecular weight is 439 g/mol. The van der Waals surface area contributed by atoms with Crippen LogP contribution in [0.15, 0.2) is 72.3 Å². The number of ether oxygens (including phenoxy) is 2. The van der Waals surface area contributed by atoms with Crippen LogP contribution in [0.3, 0.4) is 0 Å². The van der Waals surface area contributed by atoms with Crippen molar-refractivity contribution in [3.05, 3.63) is 72.3 Å². The summed E-state index contributed by atoms with van der Waals surface area (Å²) in [6.45, 7) is 14.4.